The maximum absolute atomic E-state index is 12.2. The first-order chi connectivity index (χ1) is 8.26. The van der Waals surface area contributed by atoms with Crippen LogP contribution in [0.1, 0.15) is 44.9 Å². The predicted octanol–water partition coefficient (Wildman–Crippen LogP) is 2.63. The van der Waals surface area contributed by atoms with Crippen LogP contribution in [0.5, 0.6) is 0 Å². The van der Waals surface area contributed by atoms with E-state index in [0.29, 0.717) is 0 Å². The zero-order chi connectivity index (χ0) is 13.7. The largest absolute Gasteiger partial charge is 0.388 e. The standard InChI is InChI=1S/C15H21NO2/c1-9(2)13(17)10-6-7-12-11(8-10)15(3,4)14(18)16(12)5/h6-9,13,17H,1-5H3. The minimum Gasteiger partial charge on any atom is -0.388 e. The highest BCUT2D eigenvalue weighted by atomic mass is 16.3. The third-order valence-electron chi connectivity index (χ3n) is 3.87. The first-order valence-corrected chi connectivity index (χ1v) is 6.37. The Balaban J connectivity index is 2.52. The monoisotopic (exact) mass is 247 g/mol. The van der Waals surface area contributed by atoms with Crippen molar-refractivity contribution in [1.82, 2.24) is 0 Å². The molecule has 1 heterocycles. The van der Waals surface area contributed by atoms with Gasteiger partial charge in [-0.25, -0.2) is 0 Å². The van der Waals surface area contributed by atoms with Crippen molar-refractivity contribution < 1.29 is 9.90 Å². The van der Waals surface area contributed by atoms with Crippen molar-refractivity contribution in [2.75, 3.05) is 11.9 Å². The van der Waals surface area contributed by atoms with Crippen LogP contribution >= 0.6 is 0 Å². The molecule has 1 unspecified atom stereocenters. The van der Waals surface area contributed by atoms with Gasteiger partial charge in [-0.1, -0.05) is 26.0 Å². The van der Waals surface area contributed by atoms with E-state index >= 15 is 0 Å². The number of likely N-dealkylation sites (N-methyl/N-ethyl adjacent to an activating group) is 1. The smallest absolute Gasteiger partial charge is 0.236 e. The van der Waals surface area contributed by atoms with Gasteiger partial charge in [0.05, 0.1) is 11.5 Å². The molecule has 1 N–H and O–H groups in total. The highest BCUT2D eigenvalue weighted by Gasteiger charge is 2.42. The number of carbonyl (C=O) groups excluding carboxylic acids is 1. The highest BCUT2D eigenvalue weighted by Crippen LogP contribution is 2.42. The second-order valence-corrected chi connectivity index (χ2v) is 5.95. The van der Waals surface area contributed by atoms with E-state index in [1.165, 1.54) is 0 Å². The summed E-state index contributed by atoms with van der Waals surface area (Å²) in [5.41, 5.74) is 2.34. The molecule has 0 bridgehead atoms. The molecule has 0 spiro atoms. The van der Waals surface area contributed by atoms with Crippen LogP contribution in [0.25, 0.3) is 0 Å². The van der Waals surface area contributed by atoms with E-state index in [1.807, 2.05) is 45.9 Å². The lowest BCUT2D eigenvalue weighted by atomic mass is 9.84. The van der Waals surface area contributed by atoms with Gasteiger partial charge >= 0.3 is 0 Å². The number of anilines is 1. The van der Waals surface area contributed by atoms with Crippen molar-refractivity contribution in [2.45, 2.75) is 39.2 Å². The van der Waals surface area contributed by atoms with Gasteiger partial charge in [0.25, 0.3) is 0 Å². The molecule has 0 radical (unpaired) electrons. The lowest BCUT2D eigenvalue weighted by Crippen LogP contribution is -2.33. The fourth-order valence-electron chi connectivity index (χ4n) is 2.56. The first-order valence-electron chi connectivity index (χ1n) is 6.37. The average molecular weight is 247 g/mol. The van der Waals surface area contributed by atoms with Crippen LogP contribution in [-0.4, -0.2) is 18.1 Å². The molecular formula is C15H21NO2. The van der Waals surface area contributed by atoms with E-state index in [9.17, 15) is 9.90 Å². The zero-order valence-corrected chi connectivity index (χ0v) is 11.7. The molecule has 18 heavy (non-hydrogen) atoms. The van der Waals surface area contributed by atoms with E-state index in [4.69, 9.17) is 0 Å². The SMILES string of the molecule is CC(C)C(O)c1ccc2c(c1)C(C)(C)C(=O)N2C. The first kappa shape index (κ1) is 13.1. The molecule has 1 aromatic rings. The normalized spacial score (nSPS) is 19.3. The molecule has 0 aromatic heterocycles. The summed E-state index contributed by atoms with van der Waals surface area (Å²) in [6.45, 7) is 7.84. The molecule has 0 saturated carbocycles. The fourth-order valence-corrected chi connectivity index (χ4v) is 2.56. The van der Waals surface area contributed by atoms with Gasteiger partial charge in [0.15, 0.2) is 0 Å². The summed E-state index contributed by atoms with van der Waals surface area (Å²) in [4.78, 5) is 13.9. The molecule has 1 aliphatic rings. The second-order valence-electron chi connectivity index (χ2n) is 5.95. The van der Waals surface area contributed by atoms with Gasteiger partial charge < -0.3 is 10.0 Å². The van der Waals surface area contributed by atoms with Crippen LogP contribution in [-0.2, 0) is 10.2 Å². The molecule has 2 rings (SSSR count). The summed E-state index contributed by atoms with van der Waals surface area (Å²) in [7, 11) is 1.80. The minimum atomic E-state index is -0.503. The number of rotatable bonds is 2. The Labute approximate surface area is 108 Å². The third kappa shape index (κ3) is 1.74. The Morgan fingerprint density at radius 3 is 2.44 bits per heavy atom. The molecular weight excluding hydrogens is 226 g/mol. The van der Waals surface area contributed by atoms with Gasteiger partial charge in [0.1, 0.15) is 0 Å². The third-order valence-corrected chi connectivity index (χ3v) is 3.87. The van der Waals surface area contributed by atoms with E-state index in [2.05, 4.69) is 0 Å². The van der Waals surface area contributed by atoms with Gasteiger partial charge in [0, 0.05) is 12.7 Å². The van der Waals surface area contributed by atoms with Gasteiger partial charge in [-0.2, -0.15) is 0 Å². The maximum atomic E-state index is 12.2. The summed E-state index contributed by atoms with van der Waals surface area (Å²) in [5, 5.41) is 10.1. The lowest BCUT2D eigenvalue weighted by Gasteiger charge is -2.19. The van der Waals surface area contributed by atoms with Crippen molar-refractivity contribution in [3.8, 4) is 0 Å². The van der Waals surface area contributed by atoms with E-state index < -0.39 is 11.5 Å². The summed E-state index contributed by atoms with van der Waals surface area (Å²) in [6.07, 6.45) is -0.480. The van der Waals surface area contributed by atoms with Crippen molar-refractivity contribution in [2.24, 2.45) is 5.92 Å². The fraction of sp³-hybridized carbons (Fsp3) is 0.533. The van der Waals surface area contributed by atoms with Crippen molar-refractivity contribution in [3.63, 3.8) is 0 Å². The number of amides is 1. The van der Waals surface area contributed by atoms with E-state index in [1.54, 1.807) is 11.9 Å². The molecule has 0 saturated heterocycles. The average Bonchev–Trinajstić information content (AvgIpc) is 2.50. The van der Waals surface area contributed by atoms with Crippen molar-refractivity contribution in [3.05, 3.63) is 29.3 Å². The number of benzene rings is 1. The number of nitrogens with zero attached hydrogens (tertiary/aromatic N) is 1. The van der Waals surface area contributed by atoms with Crippen LogP contribution in [0.2, 0.25) is 0 Å². The molecule has 1 aromatic carbocycles. The second kappa shape index (κ2) is 4.09. The summed E-state index contributed by atoms with van der Waals surface area (Å²) < 4.78 is 0. The van der Waals surface area contributed by atoms with Gasteiger partial charge in [0.2, 0.25) is 5.91 Å². The summed E-state index contributed by atoms with van der Waals surface area (Å²) in [5.74, 6) is 0.273. The Morgan fingerprint density at radius 1 is 1.28 bits per heavy atom. The number of hydrogen-bond acceptors (Lipinski definition) is 2. The molecule has 1 atom stereocenters. The number of hydrogen-bond donors (Lipinski definition) is 1. The van der Waals surface area contributed by atoms with E-state index in [0.717, 1.165) is 16.8 Å². The predicted molar refractivity (Wildman–Crippen MR) is 72.7 cm³/mol. The topological polar surface area (TPSA) is 40.5 Å². The number of carbonyl (C=O) groups is 1. The number of aliphatic hydroxyl groups is 1. The van der Waals surface area contributed by atoms with Gasteiger partial charge in [-0.15, -0.1) is 0 Å². The van der Waals surface area contributed by atoms with Crippen LogP contribution in [0, 0.1) is 5.92 Å². The van der Waals surface area contributed by atoms with Gasteiger partial charge in [-0.3, -0.25) is 4.79 Å². The molecule has 98 valence electrons. The molecule has 3 nitrogen and oxygen atoms in total. The lowest BCUT2D eigenvalue weighted by molar-refractivity contribution is -0.121. The number of aliphatic hydroxyl groups excluding tert-OH is 1. The van der Waals surface area contributed by atoms with Crippen molar-refractivity contribution in [1.29, 1.82) is 0 Å². The highest BCUT2D eigenvalue weighted by molar-refractivity contribution is 6.07. The molecule has 3 heteroatoms. The Morgan fingerprint density at radius 2 is 1.89 bits per heavy atom. The zero-order valence-electron chi connectivity index (χ0n) is 11.7. The number of fused-ring (bicyclic) bond motifs is 1. The Bertz CT molecular complexity index is 491. The van der Waals surface area contributed by atoms with Crippen LogP contribution in [0.4, 0.5) is 5.69 Å². The molecule has 1 aliphatic heterocycles. The molecule has 1 amide bonds. The Hall–Kier alpha value is -1.35. The summed E-state index contributed by atoms with van der Waals surface area (Å²) in [6, 6.07) is 5.82. The maximum Gasteiger partial charge on any atom is 0.236 e. The van der Waals surface area contributed by atoms with E-state index in [-0.39, 0.29) is 11.8 Å². The Kier molecular flexibility index (Phi) is 2.98. The summed E-state index contributed by atoms with van der Waals surface area (Å²) >= 11 is 0. The van der Waals surface area contributed by atoms with Crippen LogP contribution in [0.3, 0.4) is 0 Å². The molecule has 0 aliphatic carbocycles. The van der Waals surface area contributed by atoms with Crippen molar-refractivity contribution >= 4 is 11.6 Å². The van der Waals surface area contributed by atoms with Crippen LogP contribution < -0.4 is 4.90 Å². The van der Waals surface area contributed by atoms with Crippen LogP contribution in [0.15, 0.2) is 18.2 Å². The minimum absolute atomic E-state index is 0.105. The quantitative estimate of drug-likeness (QED) is 0.872. The molecule has 0 fully saturated rings. The van der Waals surface area contributed by atoms with Gasteiger partial charge in [-0.05, 0) is 37.0 Å².